The molecule has 0 spiro atoms. The smallest absolute Gasteiger partial charge is 0.416 e. The Bertz CT molecular complexity index is 1050. The number of phenols is 1. The SMILES string of the molecule is CCN1CCC[C@@H](Nc2nnc(-c3ccc(C(F)(F)F)cc3O)c3ccccc23)C1. The van der Waals surface area contributed by atoms with Gasteiger partial charge in [0.1, 0.15) is 11.4 Å². The monoisotopic (exact) mass is 416 g/mol. The number of likely N-dealkylation sites (tertiary alicyclic amines) is 1. The summed E-state index contributed by atoms with van der Waals surface area (Å²) in [5.74, 6) is 0.166. The first-order chi connectivity index (χ1) is 14.4. The van der Waals surface area contributed by atoms with Crippen LogP contribution in [0.2, 0.25) is 0 Å². The van der Waals surface area contributed by atoms with Gasteiger partial charge < -0.3 is 15.3 Å². The number of likely N-dealkylation sites (N-methyl/N-ethyl adjacent to an activating group) is 1. The van der Waals surface area contributed by atoms with E-state index < -0.39 is 17.5 Å². The molecule has 0 bridgehead atoms. The fourth-order valence-corrected chi connectivity index (χ4v) is 3.97. The van der Waals surface area contributed by atoms with Crippen LogP contribution >= 0.6 is 0 Å². The van der Waals surface area contributed by atoms with Crippen LogP contribution in [0.25, 0.3) is 22.0 Å². The Balaban J connectivity index is 1.71. The van der Waals surface area contributed by atoms with Gasteiger partial charge in [-0.15, -0.1) is 10.2 Å². The molecule has 5 nitrogen and oxygen atoms in total. The van der Waals surface area contributed by atoms with Crippen molar-refractivity contribution in [3.63, 3.8) is 0 Å². The zero-order valence-electron chi connectivity index (χ0n) is 16.6. The van der Waals surface area contributed by atoms with Gasteiger partial charge in [-0.25, -0.2) is 0 Å². The van der Waals surface area contributed by atoms with E-state index in [9.17, 15) is 18.3 Å². The number of halogens is 3. The fourth-order valence-electron chi connectivity index (χ4n) is 3.97. The van der Waals surface area contributed by atoms with Crippen molar-refractivity contribution in [2.75, 3.05) is 25.0 Å². The Labute approximate surface area is 172 Å². The Hall–Kier alpha value is -2.87. The maximum atomic E-state index is 12.9. The molecule has 0 radical (unpaired) electrons. The number of hydrogen-bond donors (Lipinski definition) is 2. The van der Waals surface area contributed by atoms with Crippen LogP contribution in [0.3, 0.4) is 0 Å². The van der Waals surface area contributed by atoms with Crippen LogP contribution < -0.4 is 5.32 Å². The van der Waals surface area contributed by atoms with Crippen molar-refractivity contribution in [3.8, 4) is 17.0 Å². The van der Waals surface area contributed by atoms with Crippen molar-refractivity contribution in [2.45, 2.75) is 32.0 Å². The van der Waals surface area contributed by atoms with Crippen LogP contribution in [0.5, 0.6) is 5.75 Å². The highest BCUT2D eigenvalue weighted by atomic mass is 19.4. The molecular weight excluding hydrogens is 393 g/mol. The highest BCUT2D eigenvalue weighted by Gasteiger charge is 2.31. The molecule has 0 amide bonds. The Morgan fingerprint density at radius 2 is 1.90 bits per heavy atom. The maximum absolute atomic E-state index is 12.9. The summed E-state index contributed by atoms with van der Waals surface area (Å²) in [7, 11) is 0. The minimum atomic E-state index is -4.52. The van der Waals surface area contributed by atoms with Gasteiger partial charge in [-0.2, -0.15) is 13.2 Å². The Morgan fingerprint density at radius 3 is 2.60 bits per heavy atom. The van der Waals surface area contributed by atoms with Gasteiger partial charge in [0, 0.05) is 28.9 Å². The van der Waals surface area contributed by atoms with E-state index in [-0.39, 0.29) is 11.6 Å². The summed E-state index contributed by atoms with van der Waals surface area (Å²) in [6, 6.07) is 10.6. The Kier molecular flexibility index (Phi) is 5.51. The van der Waals surface area contributed by atoms with E-state index in [1.165, 1.54) is 6.07 Å². The third-order valence-corrected chi connectivity index (χ3v) is 5.56. The maximum Gasteiger partial charge on any atom is 0.416 e. The first-order valence-corrected chi connectivity index (χ1v) is 10.0. The molecule has 1 aliphatic heterocycles. The van der Waals surface area contributed by atoms with Gasteiger partial charge in [0.2, 0.25) is 0 Å². The molecule has 2 heterocycles. The van der Waals surface area contributed by atoms with Gasteiger partial charge in [0.25, 0.3) is 0 Å². The second kappa shape index (κ2) is 8.10. The molecule has 1 atom stereocenters. The minimum Gasteiger partial charge on any atom is -0.507 e. The number of rotatable bonds is 4. The predicted molar refractivity (Wildman–Crippen MR) is 110 cm³/mol. The molecule has 158 valence electrons. The summed E-state index contributed by atoms with van der Waals surface area (Å²) in [5.41, 5.74) is -0.341. The van der Waals surface area contributed by atoms with E-state index in [1.807, 2.05) is 24.3 Å². The van der Waals surface area contributed by atoms with E-state index in [0.717, 1.165) is 50.0 Å². The molecule has 1 aliphatic rings. The first kappa shape index (κ1) is 20.4. The summed E-state index contributed by atoms with van der Waals surface area (Å²) < 4.78 is 38.8. The molecule has 0 aliphatic carbocycles. The van der Waals surface area contributed by atoms with Gasteiger partial charge in [-0.1, -0.05) is 31.2 Å². The highest BCUT2D eigenvalue weighted by Crippen LogP contribution is 2.38. The van der Waals surface area contributed by atoms with E-state index in [1.54, 1.807) is 0 Å². The number of anilines is 1. The van der Waals surface area contributed by atoms with Crippen LogP contribution in [-0.2, 0) is 6.18 Å². The van der Waals surface area contributed by atoms with Crippen LogP contribution in [0, 0.1) is 0 Å². The molecule has 1 fully saturated rings. The number of nitrogens with one attached hydrogen (secondary N) is 1. The normalized spacial score (nSPS) is 17.9. The van der Waals surface area contributed by atoms with Crippen molar-refractivity contribution in [3.05, 3.63) is 48.0 Å². The standard InChI is InChI=1S/C22H23F3N4O/c1-2-29-11-5-6-15(13-29)26-21-17-8-4-3-7-16(17)20(27-28-21)18-10-9-14(12-19(18)30)22(23,24)25/h3-4,7-10,12,15,30H,2,5-6,11,13H2,1H3,(H,26,28)/t15-/m1/s1. The predicted octanol–water partition coefficient (Wildman–Crippen LogP) is 4.92. The van der Waals surface area contributed by atoms with Gasteiger partial charge in [-0.3, -0.25) is 0 Å². The number of alkyl halides is 3. The number of piperidine rings is 1. The summed E-state index contributed by atoms with van der Waals surface area (Å²) in [6.07, 6.45) is -2.38. The van der Waals surface area contributed by atoms with Crippen molar-refractivity contribution >= 4 is 16.6 Å². The average molecular weight is 416 g/mol. The molecule has 0 saturated carbocycles. The third-order valence-electron chi connectivity index (χ3n) is 5.56. The zero-order chi connectivity index (χ0) is 21.3. The van der Waals surface area contributed by atoms with E-state index >= 15 is 0 Å². The summed E-state index contributed by atoms with van der Waals surface area (Å²) in [4.78, 5) is 2.38. The van der Waals surface area contributed by atoms with Crippen LogP contribution in [0.15, 0.2) is 42.5 Å². The van der Waals surface area contributed by atoms with Crippen LogP contribution in [0.4, 0.5) is 19.0 Å². The first-order valence-electron chi connectivity index (χ1n) is 10.0. The zero-order valence-corrected chi connectivity index (χ0v) is 16.6. The molecular formula is C22H23F3N4O. The summed E-state index contributed by atoms with van der Waals surface area (Å²) in [5, 5.41) is 23.9. The molecule has 0 unspecified atom stereocenters. The van der Waals surface area contributed by atoms with Gasteiger partial charge in [-0.05, 0) is 44.1 Å². The topological polar surface area (TPSA) is 61.3 Å². The van der Waals surface area contributed by atoms with E-state index in [0.29, 0.717) is 16.9 Å². The average Bonchev–Trinajstić information content (AvgIpc) is 2.74. The highest BCUT2D eigenvalue weighted by molar-refractivity contribution is 6.00. The van der Waals surface area contributed by atoms with Crippen LogP contribution in [0.1, 0.15) is 25.3 Å². The third kappa shape index (κ3) is 4.05. The van der Waals surface area contributed by atoms with Gasteiger partial charge in [0.15, 0.2) is 5.82 Å². The molecule has 2 aromatic carbocycles. The van der Waals surface area contributed by atoms with Crippen molar-refractivity contribution in [1.29, 1.82) is 0 Å². The number of fused-ring (bicyclic) bond motifs is 1. The molecule has 4 rings (SSSR count). The summed E-state index contributed by atoms with van der Waals surface area (Å²) >= 11 is 0. The Morgan fingerprint density at radius 1 is 1.13 bits per heavy atom. The quantitative estimate of drug-likeness (QED) is 0.632. The van der Waals surface area contributed by atoms with Gasteiger partial charge >= 0.3 is 6.18 Å². The number of phenolic OH excluding ortho intramolecular Hbond substituents is 1. The second-order valence-corrected chi connectivity index (χ2v) is 7.55. The van der Waals surface area contributed by atoms with E-state index in [4.69, 9.17) is 0 Å². The molecule has 1 aromatic heterocycles. The summed E-state index contributed by atoms with van der Waals surface area (Å²) in [6.45, 7) is 5.15. The van der Waals surface area contributed by atoms with Gasteiger partial charge in [0.05, 0.1) is 5.56 Å². The second-order valence-electron chi connectivity index (χ2n) is 7.55. The lowest BCUT2D eigenvalue weighted by Crippen LogP contribution is -2.42. The largest absolute Gasteiger partial charge is 0.507 e. The van der Waals surface area contributed by atoms with Crippen molar-refractivity contribution in [2.24, 2.45) is 0 Å². The van der Waals surface area contributed by atoms with Crippen molar-refractivity contribution < 1.29 is 18.3 Å². The van der Waals surface area contributed by atoms with E-state index in [2.05, 4.69) is 27.3 Å². The number of hydrogen-bond acceptors (Lipinski definition) is 5. The molecule has 2 N–H and O–H groups in total. The molecule has 1 saturated heterocycles. The van der Waals surface area contributed by atoms with Crippen molar-refractivity contribution in [1.82, 2.24) is 15.1 Å². The number of aromatic hydroxyl groups is 1. The lowest BCUT2D eigenvalue weighted by molar-refractivity contribution is -0.137. The number of benzene rings is 2. The fraction of sp³-hybridized carbons (Fsp3) is 0.364. The molecule has 30 heavy (non-hydrogen) atoms. The lowest BCUT2D eigenvalue weighted by Gasteiger charge is -2.32. The number of nitrogens with zero attached hydrogens (tertiary/aromatic N) is 3. The molecule has 8 heteroatoms. The molecule has 3 aromatic rings. The van der Waals surface area contributed by atoms with Crippen LogP contribution in [-0.4, -0.2) is 45.9 Å². The lowest BCUT2D eigenvalue weighted by atomic mass is 10.0. The minimum absolute atomic E-state index is 0.216. The number of aromatic nitrogens is 2.